The van der Waals surface area contributed by atoms with Gasteiger partial charge in [-0.1, -0.05) is 37.3 Å². The van der Waals surface area contributed by atoms with Crippen LogP contribution in [0.25, 0.3) is 10.9 Å². The Balaban J connectivity index is 1.25. The molecule has 1 saturated heterocycles. The molecule has 0 atom stereocenters. The molecule has 3 N–H and O–H groups in total. The third-order valence-electron chi connectivity index (χ3n) is 6.23. The van der Waals surface area contributed by atoms with E-state index in [2.05, 4.69) is 37.9 Å². The first-order chi connectivity index (χ1) is 18.2. The first kappa shape index (κ1) is 24.3. The average molecular weight is 499 g/mol. The van der Waals surface area contributed by atoms with E-state index in [1.165, 1.54) is 0 Å². The molecule has 0 spiro atoms. The minimum atomic E-state index is -0.430. The van der Waals surface area contributed by atoms with Crippen LogP contribution in [0, 0.1) is 0 Å². The Morgan fingerprint density at radius 2 is 1.92 bits per heavy atom. The maximum absolute atomic E-state index is 12.4. The number of nitrogens with one attached hydrogen (secondary N) is 3. The van der Waals surface area contributed by atoms with Crippen molar-refractivity contribution in [2.45, 2.75) is 20.0 Å². The van der Waals surface area contributed by atoms with Crippen LogP contribution in [0.15, 0.2) is 71.8 Å². The highest BCUT2D eigenvalue weighted by atomic mass is 16.5. The summed E-state index contributed by atoms with van der Waals surface area (Å²) in [4.78, 5) is 14.7. The van der Waals surface area contributed by atoms with Crippen LogP contribution in [-0.2, 0) is 17.8 Å². The van der Waals surface area contributed by atoms with Gasteiger partial charge in [-0.15, -0.1) is 0 Å². The van der Waals surface area contributed by atoms with E-state index in [-0.39, 0.29) is 0 Å². The van der Waals surface area contributed by atoms with Gasteiger partial charge in [-0.3, -0.25) is 5.10 Å². The van der Waals surface area contributed by atoms with E-state index >= 15 is 0 Å². The number of amides is 2. The Hall–Kier alpha value is -4.37. The fourth-order valence-corrected chi connectivity index (χ4v) is 4.24. The second-order valence-corrected chi connectivity index (χ2v) is 8.71. The lowest BCUT2D eigenvalue weighted by molar-refractivity contribution is 0.122. The lowest BCUT2D eigenvalue weighted by atomic mass is 10.1. The van der Waals surface area contributed by atoms with Crippen LogP contribution in [0.1, 0.15) is 23.7 Å². The van der Waals surface area contributed by atoms with Crippen LogP contribution in [0.2, 0.25) is 0 Å². The number of anilines is 2. The third-order valence-corrected chi connectivity index (χ3v) is 6.23. The Morgan fingerprint density at radius 1 is 1.14 bits per heavy atom. The van der Waals surface area contributed by atoms with Gasteiger partial charge in [-0.05, 0) is 42.3 Å². The summed E-state index contributed by atoms with van der Waals surface area (Å²) in [6.07, 6.45) is 2.41. The largest absolute Gasteiger partial charge is 0.488 e. The molecule has 4 aromatic rings. The molecule has 9 heteroatoms. The van der Waals surface area contributed by atoms with Gasteiger partial charge in [0.15, 0.2) is 0 Å². The van der Waals surface area contributed by atoms with E-state index in [4.69, 9.17) is 9.47 Å². The molecule has 3 aromatic carbocycles. The number of aromatic nitrogens is 2. The fraction of sp³-hybridized carbons (Fsp3) is 0.250. The molecule has 0 aliphatic carbocycles. The van der Waals surface area contributed by atoms with E-state index < -0.39 is 6.03 Å². The number of ether oxygens (including phenoxy) is 2. The van der Waals surface area contributed by atoms with Gasteiger partial charge >= 0.3 is 6.03 Å². The highest BCUT2D eigenvalue weighted by Crippen LogP contribution is 2.27. The maximum atomic E-state index is 12.4. The molecule has 0 unspecified atom stereocenters. The summed E-state index contributed by atoms with van der Waals surface area (Å²) in [6, 6.07) is 21.1. The van der Waals surface area contributed by atoms with Crippen molar-refractivity contribution >= 4 is 34.5 Å². The average Bonchev–Trinajstić information content (AvgIpc) is 3.35. The molecule has 190 valence electrons. The molecule has 0 bridgehead atoms. The Kier molecular flexibility index (Phi) is 7.61. The minimum Gasteiger partial charge on any atom is -0.488 e. The third kappa shape index (κ3) is 6.07. The number of fused-ring (bicyclic) bond motifs is 1. The minimum absolute atomic E-state index is 0.409. The zero-order valence-electron chi connectivity index (χ0n) is 20.7. The highest BCUT2D eigenvalue weighted by Gasteiger charge is 2.12. The van der Waals surface area contributed by atoms with Crippen LogP contribution in [-0.4, -0.2) is 48.7 Å². The van der Waals surface area contributed by atoms with Crippen molar-refractivity contribution < 1.29 is 14.3 Å². The molecule has 9 nitrogen and oxygen atoms in total. The molecule has 1 aliphatic rings. The Morgan fingerprint density at radius 3 is 2.68 bits per heavy atom. The molecule has 0 radical (unpaired) electrons. The summed E-state index contributed by atoms with van der Waals surface area (Å²) in [5, 5.41) is 15.5. The topological polar surface area (TPSA) is 104 Å². The number of morpholine rings is 1. The van der Waals surface area contributed by atoms with E-state index in [0.29, 0.717) is 18.0 Å². The molecule has 1 fully saturated rings. The lowest BCUT2D eigenvalue weighted by Gasteiger charge is -2.28. The first-order valence-electron chi connectivity index (χ1n) is 12.4. The smallest absolute Gasteiger partial charge is 0.339 e. The zero-order valence-corrected chi connectivity index (χ0v) is 20.7. The first-order valence-corrected chi connectivity index (χ1v) is 12.4. The standard InChI is InChI=1S/C28H30N6O3/c1-2-25-24-16-21(27(17-26(24)32-31-25)37-19-20-6-4-3-5-7-20)18-29-33-28(35)30-22-8-10-23(11-9-22)34-12-14-36-15-13-34/h3-11,16-18H,2,12-15,19H2,1H3,(H,31,32)(H2,30,33,35)/b29-18-. The number of aryl methyl sites for hydroxylation is 1. The molecular weight excluding hydrogens is 468 g/mol. The van der Waals surface area contributed by atoms with Crippen molar-refractivity contribution in [1.29, 1.82) is 0 Å². The second-order valence-electron chi connectivity index (χ2n) is 8.71. The highest BCUT2D eigenvalue weighted by molar-refractivity contribution is 5.95. The zero-order chi connectivity index (χ0) is 25.5. The fourth-order valence-electron chi connectivity index (χ4n) is 4.24. The van der Waals surface area contributed by atoms with Gasteiger partial charge in [0.25, 0.3) is 0 Å². The van der Waals surface area contributed by atoms with Gasteiger partial charge in [0.2, 0.25) is 0 Å². The quantitative estimate of drug-likeness (QED) is 0.241. The van der Waals surface area contributed by atoms with E-state index in [1.807, 2.05) is 66.7 Å². The second kappa shape index (κ2) is 11.6. The number of urea groups is 1. The molecule has 5 rings (SSSR count). The molecule has 37 heavy (non-hydrogen) atoms. The number of hydrogen-bond acceptors (Lipinski definition) is 6. The SMILES string of the molecule is CCc1[nH]nc2cc(OCc3ccccc3)c(/C=N\NC(=O)Nc3ccc(N4CCOCC4)cc3)cc12. The van der Waals surface area contributed by atoms with Crippen LogP contribution in [0.4, 0.5) is 16.2 Å². The van der Waals surface area contributed by atoms with Crippen LogP contribution in [0.3, 0.4) is 0 Å². The Labute approximate surface area is 215 Å². The van der Waals surface area contributed by atoms with Crippen LogP contribution in [0.5, 0.6) is 5.75 Å². The van der Waals surface area contributed by atoms with Crippen LogP contribution < -0.4 is 20.4 Å². The number of hydrazone groups is 1. The number of aromatic amines is 1. The van der Waals surface area contributed by atoms with Crippen molar-refractivity contribution in [3.05, 3.63) is 83.6 Å². The van der Waals surface area contributed by atoms with Crippen molar-refractivity contribution in [2.75, 3.05) is 36.5 Å². The summed E-state index contributed by atoms with van der Waals surface area (Å²) in [5.74, 6) is 0.634. The number of carbonyl (C=O) groups is 1. The van der Waals surface area contributed by atoms with E-state index in [0.717, 1.165) is 66.1 Å². The molecule has 1 aromatic heterocycles. The monoisotopic (exact) mass is 498 g/mol. The predicted octanol–water partition coefficient (Wildman–Crippen LogP) is 4.70. The van der Waals surface area contributed by atoms with Crippen molar-refractivity contribution in [1.82, 2.24) is 15.6 Å². The van der Waals surface area contributed by atoms with Crippen molar-refractivity contribution in [3.8, 4) is 5.75 Å². The molecule has 0 saturated carbocycles. The number of hydrogen-bond donors (Lipinski definition) is 3. The molecule has 2 amide bonds. The maximum Gasteiger partial charge on any atom is 0.339 e. The molecule has 2 heterocycles. The van der Waals surface area contributed by atoms with E-state index in [9.17, 15) is 4.79 Å². The number of rotatable bonds is 8. The summed E-state index contributed by atoms with van der Waals surface area (Å²) in [6.45, 7) is 5.67. The summed E-state index contributed by atoms with van der Waals surface area (Å²) in [5.41, 5.74) is 7.99. The van der Waals surface area contributed by atoms with Crippen molar-refractivity contribution in [2.24, 2.45) is 5.10 Å². The van der Waals surface area contributed by atoms with E-state index in [1.54, 1.807) is 6.21 Å². The number of nitrogens with zero attached hydrogens (tertiary/aromatic N) is 3. The van der Waals surface area contributed by atoms with Crippen LogP contribution >= 0.6 is 0 Å². The number of carbonyl (C=O) groups excluding carboxylic acids is 1. The van der Waals surface area contributed by atoms with Gasteiger partial charge in [-0.25, -0.2) is 10.2 Å². The van der Waals surface area contributed by atoms with Crippen molar-refractivity contribution in [3.63, 3.8) is 0 Å². The summed E-state index contributed by atoms with van der Waals surface area (Å²) in [7, 11) is 0. The normalized spacial score (nSPS) is 13.7. The van der Waals surface area contributed by atoms with Gasteiger partial charge in [-0.2, -0.15) is 10.2 Å². The van der Waals surface area contributed by atoms with Gasteiger partial charge in [0.05, 0.1) is 24.9 Å². The van der Waals surface area contributed by atoms with Gasteiger partial charge < -0.3 is 19.7 Å². The predicted molar refractivity (Wildman–Crippen MR) is 145 cm³/mol. The summed E-state index contributed by atoms with van der Waals surface area (Å²) < 4.78 is 11.5. The Bertz CT molecular complexity index is 1360. The number of H-pyrrole nitrogens is 1. The summed E-state index contributed by atoms with van der Waals surface area (Å²) >= 11 is 0. The number of benzene rings is 3. The molecular formula is C28H30N6O3. The van der Waals surface area contributed by atoms with Gasteiger partial charge in [0, 0.05) is 47.2 Å². The molecule has 1 aliphatic heterocycles. The van der Waals surface area contributed by atoms with Gasteiger partial charge in [0.1, 0.15) is 12.4 Å². The lowest BCUT2D eigenvalue weighted by Crippen LogP contribution is -2.36.